The molecular formula is C16H24N2O. The molecule has 0 atom stereocenters. The first-order valence-corrected chi connectivity index (χ1v) is 6.98. The summed E-state index contributed by atoms with van der Waals surface area (Å²) >= 11 is 0. The Morgan fingerprint density at radius 3 is 2.47 bits per heavy atom. The molecule has 0 N–H and O–H groups in total. The Bertz CT molecular complexity index is 462. The van der Waals surface area contributed by atoms with E-state index in [0.717, 1.165) is 19.5 Å². The number of carbonyl (C=O) groups is 1. The van der Waals surface area contributed by atoms with E-state index < -0.39 is 0 Å². The van der Waals surface area contributed by atoms with Crippen LogP contribution in [0.25, 0.3) is 0 Å². The molecule has 3 nitrogen and oxygen atoms in total. The lowest BCUT2D eigenvalue weighted by Crippen LogP contribution is -2.35. The number of anilines is 1. The number of amides is 1. The highest BCUT2D eigenvalue weighted by Crippen LogP contribution is 2.32. The summed E-state index contributed by atoms with van der Waals surface area (Å²) in [4.78, 5) is 16.1. The van der Waals surface area contributed by atoms with Crippen LogP contribution in [0.2, 0.25) is 0 Å². The van der Waals surface area contributed by atoms with Crippen molar-refractivity contribution >= 4 is 11.6 Å². The Kier molecular flexibility index (Phi) is 3.83. The SMILES string of the molecule is CN1CCCN(c2ccccc2C(C)(C)C)CC1=O. The Morgan fingerprint density at radius 1 is 1.11 bits per heavy atom. The lowest BCUT2D eigenvalue weighted by Gasteiger charge is -2.30. The fourth-order valence-electron chi connectivity index (χ4n) is 2.58. The number of para-hydroxylation sites is 1. The second-order valence-corrected chi connectivity index (χ2v) is 6.36. The molecule has 19 heavy (non-hydrogen) atoms. The molecule has 0 bridgehead atoms. The summed E-state index contributed by atoms with van der Waals surface area (Å²) in [5.74, 6) is 0.209. The maximum Gasteiger partial charge on any atom is 0.241 e. The highest BCUT2D eigenvalue weighted by atomic mass is 16.2. The fraction of sp³-hybridized carbons (Fsp3) is 0.562. The molecule has 0 saturated carbocycles. The molecule has 1 aliphatic rings. The molecule has 1 aromatic carbocycles. The molecule has 1 aliphatic heterocycles. The van der Waals surface area contributed by atoms with Gasteiger partial charge < -0.3 is 9.80 Å². The van der Waals surface area contributed by atoms with E-state index in [4.69, 9.17) is 0 Å². The van der Waals surface area contributed by atoms with E-state index in [1.54, 1.807) is 0 Å². The van der Waals surface area contributed by atoms with Crippen LogP contribution in [0.4, 0.5) is 5.69 Å². The molecule has 0 radical (unpaired) electrons. The fourth-order valence-corrected chi connectivity index (χ4v) is 2.58. The van der Waals surface area contributed by atoms with Crippen molar-refractivity contribution in [2.75, 3.05) is 31.6 Å². The van der Waals surface area contributed by atoms with E-state index in [1.807, 2.05) is 11.9 Å². The topological polar surface area (TPSA) is 23.6 Å². The Balaban J connectivity index is 2.34. The molecule has 0 aliphatic carbocycles. The lowest BCUT2D eigenvalue weighted by molar-refractivity contribution is -0.127. The van der Waals surface area contributed by atoms with Crippen LogP contribution in [0, 0.1) is 0 Å². The molecule has 1 fully saturated rings. The van der Waals surface area contributed by atoms with Gasteiger partial charge in [-0.25, -0.2) is 0 Å². The van der Waals surface area contributed by atoms with Gasteiger partial charge in [0, 0.05) is 25.8 Å². The molecule has 0 aromatic heterocycles. The van der Waals surface area contributed by atoms with Gasteiger partial charge in [0.25, 0.3) is 0 Å². The summed E-state index contributed by atoms with van der Waals surface area (Å²) in [6, 6.07) is 8.45. The molecule has 1 saturated heterocycles. The van der Waals surface area contributed by atoms with Crippen molar-refractivity contribution in [3.8, 4) is 0 Å². The van der Waals surface area contributed by atoms with Gasteiger partial charge in [-0.2, -0.15) is 0 Å². The standard InChI is InChI=1S/C16H24N2O/c1-16(2,3)13-8-5-6-9-14(13)18-11-7-10-17(4)15(19)12-18/h5-6,8-9H,7,10-12H2,1-4H3. The first kappa shape index (κ1) is 13.9. The van der Waals surface area contributed by atoms with Gasteiger partial charge >= 0.3 is 0 Å². The molecule has 1 aromatic rings. The number of carbonyl (C=O) groups excluding carboxylic acids is 1. The van der Waals surface area contributed by atoms with E-state index in [-0.39, 0.29) is 11.3 Å². The van der Waals surface area contributed by atoms with Crippen LogP contribution in [0.15, 0.2) is 24.3 Å². The van der Waals surface area contributed by atoms with Crippen molar-refractivity contribution in [3.05, 3.63) is 29.8 Å². The van der Waals surface area contributed by atoms with Crippen molar-refractivity contribution in [2.24, 2.45) is 0 Å². The minimum absolute atomic E-state index is 0.0951. The number of nitrogens with zero attached hydrogens (tertiary/aromatic N) is 2. The van der Waals surface area contributed by atoms with Crippen molar-refractivity contribution in [1.29, 1.82) is 0 Å². The van der Waals surface area contributed by atoms with Gasteiger partial charge in [0.2, 0.25) is 5.91 Å². The Labute approximate surface area is 116 Å². The van der Waals surface area contributed by atoms with Gasteiger partial charge in [0.05, 0.1) is 6.54 Å². The molecular weight excluding hydrogens is 236 g/mol. The summed E-state index contributed by atoms with van der Waals surface area (Å²) in [7, 11) is 1.89. The number of rotatable bonds is 1. The predicted molar refractivity (Wildman–Crippen MR) is 79.6 cm³/mol. The van der Waals surface area contributed by atoms with Crippen molar-refractivity contribution in [3.63, 3.8) is 0 Å². The third kappa shape index (κ3) is 3.09. The second kappa shape index (κ2) is 5.24. The second-order valence-electron chi connectivity index (χ2n) is 6.36. The summed E-state index contributed by atoms with van der Waals surface area (Å²) in [5, 5.41) is 0. The zero-order valence-corrected chi connectivity index (χ0v) is 12.4. The third-order valence-corrected chi connectivity index (χ3v) is 3.73. The van der Waals surface area contributed by atoms with Gasteiger partial charge in [-0.15, -0.1) is 0 Å². The van der Waals surface area contributed by atoms with Crippen molar-refractivity contribution in [2.45, 2.75) is 32.6 Å². The third-order valence-electron chi connectivity index (χ3n) is 3.73. The van der Waals surface area contributed by atoms with E-state index >= 15 is 0 Å². The first-order valence-electron chi connectivity index (χ1n) is 6.98. The van der Waals surface area contributed by atoms with Gasteiger partial charge in [0.15, 0.2) is 0 Å². The van der Waals surface area contributed by atoms with Crippen LogP contribution in [0.5, 0.6) is 0 Å². The first-order chi connectivity index (χ1) is 8.89. The Hall–Kier alpha value is -1.51. The normalized spacial score (nSPS) is 17.6. The van der Waals surface area contributed by atoms with Crippen LogP contribution >= 0.6 is 0 Å². The molecule has 0 spiro atoms. The summed E-state index contributed by atoms with van der Waals surface area (Å²) in [5.41, 5.74) is 2.61. The highest BCUT2D eigenvalue weighted by molar-refractivity contribution is 5.82. The minimum Gasteiger partial charge on any atom is -0.362 e. The molecule has 1 amide bonds. The predicted octanol–water partition coefficient (Wildman–Crippen LogP) is 2.65. The summed E-state index contributed by atoms with van der Waals surface area (Å²) < 4.78 is 0. The van der Waals surface area contributed by atoms with Crippen LogP contribution in [-0.2, 0) is 10.2 Å². The van der Waals surface area contributed by atoms with Crippen molar-refractivity contribution in [1.82, 2.24) is 4.90 Å². The van der Waals surface area contributed by atoms with Crippen LogP contribution in [0.1, 0.15) is 32.8 Å². The maximum absolute atomic E-state index is 12.0. The van der Waals surface area contributed by atoms with Crippen LogP contribution < -0.4 is 4.90 Å². The number of likely N-dealkylation sites (N-methyl/N-ethyl adjacent to an activating group) is 1. The zero-order valence-electron chi connectivity index (χ0n) is 12.4. The monoisotopic (exact) mass is 260 g/mol. The number of hydrogen-bond acceptors (Lipinski definition) is 2. The van der Waals surface area contributed by atoms with E-state index in [9.17, 15) is 4.79 Å². The van der Waals surface area contributed by atoms with E-state index in [2.05, 4.69) is 49.9 Å². The van der Waals surface area contributed by atoms with Crippen molar-refractivity contribution < 1.29 is 4.79 Å². The quantitative estimate of drug-likeness (QED) is 0.775. The maximum atomic E-state index is 12.0. The van der Waals surface area contributed by atoms with Crippen LogP contribution in [-0.4, -0.2) is 37.5 Å². The molecule has 1 heterocycles. The zero-order chi connectivity index (χ0) is 14.0. The van der Waals surface area contributed by atoms with Gasteiger partial charge in [-0.1, -0.05) is 39.0 Å². The molecule has 3 heteroatoms. The molecule has 2 rings (SSSR count). The summed E-state index contributed by atoms with van der Waals surface area (Å²) in [6.45, 7) is 8.95. The average molecular weight is 260 g/mol. The van der Waals surface area contributed by atoms with Crippen LogP contribution in [0.3, 0.4) is 0 Å². The largest absolute Gasteiger partial charge is 0.362 e. The number of benzene rings is 1. The van der Waals surface area contributed by atoms with E-state index in [0.29, 0.717) is 6.54 Å². The van der Waals surface area contributed by atoms with E-state index in [1.165, 1.54) is 11.3 Å². The summed E-state index contributed by atoms with van der Waals surface area (Å²) in [6.07, 6.45) is 1.03. The lowest BCUT2D eigenvalue weighted by atomic mass is 9.85. The minimum atomic E-state index is 0.0951. The van der Waals surface area contributed by atoms with Gasteiger partial charge in [0.1, 0.15) is 0 Å². The van der Waals surface area contributed by atoms with Gasteiger partial charge in [-0.05, 0) is 23.5 Å². The number of hydrogen-bond donors (Lipinski definition) is 0. The molecule has 104 valence electrons. The highest BCUT2D eigenvalue weighted by Gasteiger charge is 2.24. The molecule has 0 unspecified atom stereocenters. The average Bonchev–Trinajstić information content (AvgIpc) is 2.51. The smallest absolute Gasteiger partial charge is 0.241 e. The Morgan fingerprint density at radius 2 is 1.79 bits per heavy atom. The van der Waals surface area contributed by atoms with Gasteiger partial charge in [-0.3, -0.25) is 4.79 Å².